The Bertz CT molecular complexity index is 691. The summed E-state index contributed by atoms with van der Waals surface area (Å²) in [5.74, 6) is 0.745. The average molecular weight is 346 g/mol. The van der Waals surface area contributed by atoms with Crippen molar-refractivity contribution in [2.45, 2.75) is 39.5 Å². The largest absolute Gasteiger partial charge is 0.372 e. The Labute approximate surface area is 145 Å². The molecule has 2 unspecified atom stereocenters. The number of carbonyl (C=O) groups excluding carboxylic acids is 1. The lowest BCUT2D eigenvalue weighted by Gasteiger charge is -2.36. The van der Waals surface area contributed by atoms with Crippen LogP contribution in [0.5, 0.6) is 0 Å². The standard InChI is InChI=1S/C17H22N4O2S/c1-11-10-24-16(20-11)7-19-17(22)14-4-5-15(18-6-14)21-8-12(2)23-13(3)9-21/h4-6,10,12-13H,7-9H2,1-3H3,(H,19,22). The SMILES string of the molecule is Cc1csc(CNC(=O)c2ccc(N3CC(C)OC(C)C3)nc2)n1. The molecule has 0 bridgehead atoms. The molecule has 1 aliphatic heterocycles. The first-order valence-electron chi connectivity index (χ1n) is 8.07. The molecule has 6 nitrogen and oxygen atoms in total. The zero-order valence-electron chi connectivity index (χ0n) is 14.2. The van der Waals surface area contributed by atoms with Gasteiger partial charge in [0.2, 0.25) is 0 Å². The Morgan fingerprint density at radius 3 is 2.71 bits per heavy atom. The molecule has 24 heavy (non-hydrogen) atoms. The Hall–Kier alpha value is -1.99. The second kappa shape index (κ2) is 7.27. The first-order valence-corrected chi connectivity index (χ1v) is 8.95. The van der Waals surface area contributed by atoms with Crippen LogP contribution in [0.2, 0.25) is 0 Å². The smallest absolute Gasteiger partial charge is 0.253 e. The molecule has 1 amide bonds. The molecule has 1 N–H and O–H groups in total. The van der Waals surface area contributed by atoms with Gasteiger partial charge in [-0.15, -0.1) is 11.3 Å². The van der Waals surface area contributed by atoms with Gasteiger partial charge in [0.25, 0.3) is 5.91 Å². The third-order valence-corrected chi connectivity index (χ3v) is 4.79. The molecule has 1 saturated heterocycles. The lowest BCUT2D eigenvalue weighted by atomic mass is 10.2. The van der Waals surface area contributed by atoms with E-state index in [4.69, 9.17) is 4.74 Å². The molecule has 3 heterocycles. The summed E-state index contributed by atoms with van der Waals surface area (Å²) in [6, 6.07) is 3.71. The molecule has 2 aromatic rings. The van der Waals surface area contributed by atoms with Crippen LogP contribution in [0.15, 0.2) is 23.7 Å². The van der Waals surface area contributed by atoms with Crippen molar-refractivity contribution in [1.82, 2.24) is 15.3 Å². The number of ether oxygens (including phenoxy) is 1. The fourth-order valence-corrected chi connectivity index (χ4v) is 3.53. The summed E-state index contributed by atoms with van der Waals surface area (Å²) in [7, 11) is 0. The van der Waals surface area contributed by atoms with E-state index in [9.17, 15) is 4.79 Å². The van der Waals surface area contributed by atoms with Crippen molar-refractivity contribution >= 4 is 23.1 Å². The molecule has 1 aliphatic rings. The van der Waals surface area contributed by atoms with Crippen LogP contribution in [0.4, 0.5) is 5.82 Å². The first kappa shape index (κ1) is 16.9. The van der Waals surface area contributed by atoms with Crippen LogP contribution in [0.25, 0.3) is 0 Å². The number of nitrogens with one attached hydrogen (secondary N) is 1. The Morgan fingerprint density at radius 2 is 2.12 bits per heavy atom. The second-order valence-electron chi connectivity index (χ2n) is 6.13. The summed E-state index contributed by atoms with van der Waals surface area (Å²) in [5, 5.41) is 5.76. The number of anilines is 1. The van der Waals surface area contributed by atoms with Crippen LogP contribution in [0.1, 0.15) is 34.9 Å². The molecule has 0 aliphatic carbocycles. The van der Waals surface area contributed by atoms with Crippen LogP contribution >= 0.6 is 11.3 Å². The Morgan fingerprint density at radius 1 is 1.38 bits per heavy atom. The lowest BCUT2D eigenvalue weighted by Crippen LogP contribution is -2.45. The van der Waals surface area contributed by atoms with Crippen molar-refractivity contribution in [2.75, 3.05) is 18.0 Å². The normalized spacial score (nSPS) is 20.9. The minimum Gasteiger partial charge on any atom is -0.372 e. The lowest BCUT2D eigenvalue weighted by molar-refractivity contribution is -0.00546. The maximum absolute atomic E-state index is 12.2. The molecule has 2 aromatic heterocycles. The van der Waals surface area contributed by atoms with Gasteiger partial charge >= 0.3 is 0 Å². The Balaban J connectivity index is 1.60. The summed E-state index contributed by atoms with van der Waals surface area (Å²) >= 11 is 1.55. The van der Waals surface area contributed by atoms with Crippen LogP contribution in [0.3, 0.4) is 0 Å². The summed E-state index contributed by atoms with van der Waals surface area (Å²) in [6.45, 7) is 8.13. The van der Waals surface area contributed by atoms with E-state index in [1.165, 1.54) is 0 Å². The van der Waals surface area contributed by atoms with Gasteiger partial charge in [-0.3, -0.25) is 4.79 Å². The van der Waals surface area contributed by atoms with Crippen molar-refractivity contribution in [3.8, 4) is 0 Å². The fourth-order valence-electron chi connectivity index (χ4n) is 2.81. The molecule has 2 atom stereocenters. The highest BCUT2D eigenvalue weighted by molar-refractivity contribution is 7.09. The predicted octanol–water partition coefficient (Wildman–Crippen LogP) is 2.39. The molecule has 0 aromatic carbocycles. The summed E-state index contributed by atoms with van der Waals surface area (Å²) in [6.07, 6.45) is 1.99. The number of hydrogen-bond donors (Lipinski definition) is 1. The van der Waals surface area contributed by atoms with E-state index in [1.807, 2.05) is 24.4 Å². The number of aryl methyl sites for hydroxylation is 1. The minimum absolute atomic E-state index is 0.134. The molecule has 0 spiro atoms. The molecular weight excluding hydrogens is 324 g/mol. The molecule has 1 fully saturated rings. The van der Waals surface area contributed by atoms with Gasteiger partial charge < -0.3 is 15.0 Å². The monoisotopic (exact) mass is 346 g/mol. The molecule has 3 rings (SSSR count). The number of carbonyl (C=O) groups is 1. The van der Waals surface area contributed by atoms with Crippen molar-refractivity contribution in [1.29, 1.82) is 0 Å². The number of amides is 1. The van der Waals surface area contributed by atoms with Crippen LogP contribution in [0, 0.1) is 6.92 Å². The maximum atomic E-state index is 12.2. The van der Waals surface area contributed by atoms with Gasteiger partial charge in [0, 0.05) is 30.4 Å². The number of hydrogen-bond acceptors (Lipinski definition) is 6. The fraction of sp³-hybridized carbons (Fsp3) is 0.471. The van der Waals surface area contributed by atoms with Gasteiger partial charge in [-0.05, 0) is 32.9 Å². The average Bonchev–Trinajstić information content (AvgIpc) is 2.97. The first-order chi connectivity index (χ1) is 11.5. The number of nitrogens with zero attached hydrogens (tertiary/aromatic N) is 3. The second-order valence-corrected chi connectivity index (χ2v) is 7.08. The van der Waals surface area contributed by atoms with Crippen molar-refractivity contribution in [3.05, 3.63) is 40.0 Å². The van der Waals surface area contributed by atoms with E-state index in [1.54, 1.807) is 17.5 Å². The maximum Gasteiger partial charge on any atom is 0.253 e. The zero-order chi connectivity index (χ0) is 17.1. The minimum atomic E-state index is -0.134. The van der Waals surface area contributed by atoms with Crippen molar-refractivity contribution < 1.29 is 9.53 Å². The van der Waals surface area contributed by atoms with Gasteiger partial charge in [-0.2, -0.15) is 0 Å². The third-order valence-electron chi connectivity index (χ3n) is 3.82. The van der Waals surface area contributed by atoms with Gasteiger partial charge in [0.1, 0.15) is 10.8 Å². The molecule has 128 valence electrons. The van der Waals surface area contributed by atoms with Gasteiger partial charge in [-0.25, -0.2) is 9.97 Å². The number of rotatable bonds is 4. The predicted molar refractivity (Wildman–Crippen MR) is 94.5 cm³/mol. The van der Waals surface area contributed by atoms with Crippen LogP contribution in [-0.4, -0.2) is 41.2 Å². The highest BCUT2D eigenvalue weighted by atomic mass is 32.1. The molecule has 7 heteroatoms. The zero-order valence-corrected chi connectivity index (χ0v) is 15.0. The molecular formula is C17H22N4O2S. The molecule has 0 saturated carbocycles. The van der Waals surface area contributed by atoms with E-state index in [0.717, 1.165) is 29.6 Å². The van der Waals surface area contributed by atoms with Crippen LogP contribution < -0.4 is 10.2 Å². The number of thiazole rings is 1. The van der Waals surface area contributed by atoms with Crippen molar-refractivity contribution in [2.24, 2.45) is 0 Å². The number of morpholine rings is 1. The van der Waals surface area contributed by atoms with Gasteiger partial charge in [0.05, 0.1) is 24.3 Å². The Kier molecular flexibility index (Phi) is 5.11. The summed E-state index contributed by atoms with van der Waals surface area (Å²) in [4.78, 5) is 23.2. The number of pyridine rings is 1. The van der Waals surface area contributed by atoms with E-state index < -0.39 is 0 Å². The highest BCUT2D eigenvalue weighted by Gasteiger charge is 2.23. The van der Waals surface area contributed by atoms with E-state index in [0.29, 0.717) is 12.1 Å². The number of aromatic nitrogens is 2. The van der Waals surface area contributed by atoms with E-state index >= 15 is 0 Å². The van der Waals surface area contributed by atoms with Gasteiger partial charge in [0.15, 0.2) is 0 Å². The van der Waals surface area contributed by atoms with Gasteiger partial charge in [-0.1, -0.05) is 0 Å². The van der Waals surface area contributed by atoms with E-state index in [2.05, 4.69) is 34.0 Å². The summed E-state index contributed by atoms with van der Waals surface area (Å²) in [5.41, 5.74) is 1.53. The summed E-state index contributed by atoms with van der Waals surface area (Å²) < 4.78 is 5.74. The molecule has 0 radical (unpaired) electrons. The van der Waals surface area contributed by atoms with Crippen LogP contribution in [-0.2, 0) is 11.3 Å². The topological polar surface area (TPSA) is 67.4 Å². The highest BCUT2D eigenvalue weighted by Crippen LogP contribution is 2.18. The van der Waals surface area contributed by atoms with E-state index in [-0.39, 0.29) is 18.1 Å². The third kappa shape index (κ3) is 4.10. The van der Waals surface area contributed by atoms with Crippen molar-refractivity contribution in [3.63, 3.8) is 0 Å². The quantitative estimate of drug-likeness (QED) is 0.921.